The lowest BCUT2D eigenvalue weighted by atomic mass is 10.1. The molecule has 0 radical (unpaired) electrons. The van der Waals surface area contributed by atoms with Crippen molar-refractivity contribution in [1.29, 1.82) is 0 Å². The Bertz CT molecular complexity index is 1000. The Hall–Kier alpha value is -1.41. The van der Waals surface area contributed by atoms with Crippen molar-refractivity contribution in [2.24, 2.45) is 0 Å². The fourth-order valence-electron chi connectivity index (χ4n) is 3.20. The summed E-state index contributed by atoms with van der Waals surface area (Å²) in [7, 11) is -3.61. The predicted molar refractivity (Wildman–Crippen MR) is 128 cm³/mol. The molecule has 1 N–H and O–H groups in total. The van der Waals surface area contributed by atoms with Crippen LogP contribution in [0, 0.1) is 20.8 Å². The van der Waals surface area contributed by atoms with Crippen LogP contribution < -0.4 is 9.62 Å². The van der Waals surface area contributed by atoms with Crippen LogP contribution in [0.1, 0.15) is 22.3 Å². The molecule has 2 aromatic rings. The molecule has 0 saturated carbocycles. The number of amides is 1. The third kappa shape index (κ3) is 7.08. The maximum Gasteiger partial charge on any atom is 0.240 e. The normalized spacial score (nSPS) is 11.4. The summed E-state index contributed by atoms with van der Waals surface area (Å²) in [6.07, 6.45) is 1.12. The maximum absolute atomic E-state index is 12.4. The van der Waals surface area contributed by atoms with Gasteiger partial charge in [-0.2, -0.15) is 11.8 Å². The van der Waals surface area contributed by atoms with Crippen LogP contribution in [0.4, 0.5) is 5.69 Å². The van der Waals surface area contributed by atoms with Gasteiger partial charge < -0.3 is 5.32 Å². The first kappa shape index (κ1) is 24.9. The Morgan fingerprint density at radius 2 is 1.73 bits per heavy atom. The van der Waals surface area contributed by atoms with Crippen molar-refractivity contribution in [2.75, 3.05) is 29.4 Å². The van der Waals surface area contributed by atoms with E-state index in [0.717, 1.165) is 28.5 Å². The summed E-state index contributed by atoms with van der Waals surface area (Å²) in [4.78, 5) is 12.4. The van der Waals surface area contributed by atoms with Crippen LogP contribution in [0.3, 0.4) is 0 Å². The second kappa shape index (κ2) is 10.8. The number of anilines is 1. The van der Waals surface area contributed by atoms with Gasteiger partial charge >= 0.3 is 0 Å². The first-order chi connectivity index (χ1) is 14.0. The average molecular weight is 489 g/mol. The zero-order valence-electron chi connectivity index (χ0n) is 17.5. The van der Waals surface area contributed by atoms with E-state index < -0.39 is 10.0 Å². The topological polar surface area (TPSA) is 66.5 Å². The number of nitrogens with one attached hydrogen (secondary N) is 1. The molecule has 0 atom stereocenters. The number of rotatable bonds is 9. The predicted octanol–water partition coefficient (Wildman–Crippen LogP) is 4.73. The molecule has 164 valence electrons. The molecule has 5 nitrogen and oxygen atoms in total. The van der Waals surface area contributed by atoms with E-state index >= 15 is 0 Å². The highest BCUT2D eigenvalue weighted by Crippen LogP contribution is 2.28. The van der Waals surface area contributed by atoms with Gasteiger partial charge in [-0.3, -0.25) is 9.10 Å². The SMILES string of the molecule is Cc1cc(C)c(N(CC(=O)NCCSCc2ccc(Cl)cc2Cl)S(C)(=O)=O)c(C)c1. The van der Waals surface area contributed by atoms with Gasteiger partial charge in [0.1, 0.15) is 6.54 Å². The second-order valence-electron chi connectivity index (χ2n) is 7.16. The highest BCUT2D eigenvalue weighted by Gasteiger charge is 2.24. The minimum Gasteiger partial charge on any atom is -0.354 e. The Morgan fingerprint density at radius 1 is 1.10 bits per heavy atom. The van der Waals surface area contributed by atoms with Crippen molar-refractivity contribution in [3.8, 4) is 0 Å². The van der Waals surface area contributed by atoms with Crippen molar-refractivity contribution in [3.05, 3.63) is 62.6 Å². The summed E-state index contributed by atoms with van der Waals surface area (Å²) in [6, 6.07) is 9.20. The van der Waals surface area contributed by atoms with E-state index in [1.165, 1.54) is 4.31 Å². The van der Waals surface area contributed by atoms with Crippen molar-refractivity contribution < 1.29 is 13.2 Å². The second-order valence-corrected chi connectivity index (χ2v) is 11.0. The van der Waals surface area contributed by atoms with E-state index in [2.05, 4.69) is 5.32 Å². The molecular formula is C21H26Cl2N2O3S2. The van der Waals surface area contributed by atoms with Gasteiger partial charge in [-0.15, -0.1) is 0 Å². The van der Waals surface area contributed by atoms with Crippen molar-refractivity contribution in [1.82, 2.24) is 5.32 Å². The first-order valence-electron chi connectivity index (χ1n) is 9.33. The Kier molecular flexibility index (Phi) is 8.91. The third-order valence-electron chi connectivity index (χ3n) is 4.41. The summed E-state index contributed by atoms with van der Waals surface area (Å²) in [5.74, 6) is 1.03. The smallest absolute Gasteiger partial charge is 0.240 e. The number of halogens is 2. The van der Waals surface area contributed by atoms with Gasteiger partial charge in [0.15, 0.2) is 0 Å². The van der Waals surface area contributed by atoms with E-state index in [-0.39, 0.29) is 12.5 Å². The van der Waals surface area contributed by atoms with Crippen LogP contribution in [0.5, 0.6) is 0 Å². The zero-order valence-corrected chi connectivity index (χ0v) is 20.6. The van der Waals surface area contributed by atoms with Gasteiger partial charge in [-0.05, 0) is 49.6 Å². The lowest BCUT2D eigenvalue weighted by Crippen LogP contribution is -2.41. The number of carbonyl (C=O) groups excluding carboxylic acids is 1. The average Bonchev–Trinajstić information content (AvgIpc) is 2.60. The molecule has 0 aliphatic carbocycles. The van der Waals surface area contributed by atoms with Gasteiger partial charge in [0.05, 0.1) is 11.9 Å². The molecule has 0 aliphatic rings. The Labute approximate surface area is 193 Å². The fourth-order valence-corrected chi connectivity index (χ4v) is 5.59. The van der Waals surface area contributed by atoms with Crippen molar-refractivity contribution in [2.45, 2.75) is 26.5 Å². The number of sulfonamides is 1. The van der Waals surface area contributed by atoms with Crippen molar-refractivity contribution >= 4 is 56.6 Å². The van der Waals surface area contributed by atoms with E-state index in [1.807, 2.05) is 39.0 Å². The number of aryl methyl sites for hydroxylation is 3. The summed E-state index contributed by atoms with van der Waals surface area (Å²) < 4.78 is 25.9. The Morgan fingerprint density at radius 3 is 2.30 bits per heavy atom. The lowest BCUT2D eigenvalue weighted by molar-refractivity contribution is -0.119. The highest BCUT2D eigenvalue weighted by molar-refractivity contribution is 7.98. The van der Waals surface area contributed by atoms with Crippen LogP contribution in [0.2, 0.25) is 10.0 Å². The maximum atomic E-state index is 12.4. The van der Waals surface area contributed by atoms with E-state index in [1.54, 1.807) is 23.9 Å². The molecule has 0 spiro atoms. The van der Waals surface area contributed by atoms with Crippen LogP contribution in [0.25, 0.3) is 0 Å². The molecule has 2 rings (SSSR count). The van der Waals surface area contributed by atoms with Gasteiger partial charge in [0.2, 0.25) is 15.9 Å². The highest BCUT2D eigenvalue weighted by atomic mass is 35.5. The van der Waals surface area contributed by atoms with E-state index in [4.69, 9.17) is 23.2 Å². The molecule has 1 amide bonds. The van der Waals surface area contributed by atoms with Gasteiger partial charge in [0, 0.05) is 28.1 Å². The van der Waals surface area contributed by atoms with Gasteiger partial charge in [0.25, 0.3) is 0 Å². The number of carbonyl (C=O) groups is 1. The molecule has 30 heavy (non-hydrogen) atoms. The number of thioether (sulfide) groups is 1. The first-order valence-corrected chi connectivity index (χ1v) is 13.1. The number of nitrogens with zero attached hydrogens (tertiary/aromatic N) is 1. The van der Waals surface area contributed by atoms with Crippen molar-refractivity contribution in [3.63, 3.8) is 0 Å². The van der Waals surface area contributed by atoms with Gasteiger partial charge in [-0.1, -0.05) is 47.0 Å². The molecule has 0 heterocycles. The van der Waals surface area contributed by atoms with Crippen LogP contribution in [0.15, 0.2) is 30.3 Å². The monoisotopic (exact) mass is 488 g/mol. The minimum absolute atomic E-state index is 0.253. The molecule has 0 unspecified atom stereocenters. The number of hydrogen-bond acceptors (Lipinski definition) is 4. The quantitative estimate of drug-likeness (QED) is 0.517. The molecule has 2 aromatic carbocycles. The van der Waals surface area contributed by atoms with Crippen LogP contribution >= 0.6 is 35.0 Å². The molecular weight excluding hydrogens is 463 g/mol. The van der Waals surface area contributed by atoms with Gasteiger partial charge in [-0.25, -0.2) is 8.42 Å². The molecule has 0 aromatic heterocycles. The summed E-state index contributed by atoms with van der Waals surface area (Å²) in [6.45, 7) is 5.83. The third-order valence-corrected chi connectivity index (χ3v) is 7.12. The summed E-state index contributed by atoms with van der Waals surface area (Å²) in [5, 5.41) is 4.01. The Balaban J connectivity index is 1.93. The number of benzene rings is 2. The summed E-state index contributed by atoms with van der Waals surface area (Å²) in [5.41, 5.74) is 4.22. The molecule has 0 bridgehead atoms. The molecule has 0 saturated heterocycles. The largest absolute Gasteiger partial charge is 0.354 e. The molecule has 9 heteroatoms. The zero-order chi connectivity index (χ0) is 22.5. The minimum atomic E-state index is -3.61. The lowest BCUT2D eigenvalue weighted by Gasteiger charge is -2.26. The fraction of sp³-hybridized carbons (Fsp3) is 0.381. The van der Waals surface area contributed by atoms with E-state index in [9.17, 15) is 13.2 Å². The number of hydrogen-bond donors (Lipinski definition) is 1. The molecule has 0 aliphatic heterocycles. The molecule has 0 fully saturated rings. The standard InChI is InChI=1S/C21H26Cl2N2O3S2/c1-14-9-15(2)21(16(3)10-14)25(30(4,27)28)12-20(26)24-7-8-29-13-17-5-6-18(22)11-19(17)23/h5-6,9-11H,7-8,12-13H2,1-4H3,(H,24,26). The van der Waals surface area contributed by atoms with E-state index in [0.29, 0.717) is 33.8 Å². The van der Waals surface area contributed by atoms with Crippen LogP contribution in [-0.2, 0) is 20.6 Å². The van der Waals surface area contributed by atoms with Crippen LogP contribution in [-0.4, -0.2) is 39.4 Å². The summed E-state index contributed by atoms with van der Waals surface area (Å²) >= 11 is 13.7.